The second-order valence-electron chi connectivity index (χ2n) is 5.34. The van der Waals surface area contributed by atoms with Crippen LogP contribution < -0.4 is 11.1 Å². The second-order valence-corrected chi connectivity index (χ2v) is 8.16. The molecule has 0 fully saturated rings. The fraction of sp³-hybridized carbons (Fsp3) is 0.769. The molecule has 0 bridgehead atoms. The molecule has 0 saturated carbocycles. The summed E-state index contributed by atoms with van der Waals surface area (Å²) in [5.74, 6) is 0.810. The van der Waals surface area contributed by atoms with Gasteiger partial charge in [-0.1, -0.05) is 27.2 Å². The van der Waals surface area contributed by atoms with Gasteiger partial charge in [0.2, 0.25) is 0 Å². The number of hydrogen-bond acceptors (Lipinski definition) is 6. The highest BCUT2D eigenvalue weighted by Gasteiger charge is 2.25. The van der Waals surface area contributed by atoms with Crippen molar-refractivity contribution in [3.63, 3.8) is 0 Å². The summed E-state index contributed by atoms with van der Waals surface area (Å²) < 4.78 is 28.5. The highest BCUT2D eigenvalue weighted by atomic mass is 32.2. The molecular weight excluding hydrogens is 294 g/mol. The van der Waals surface area contributed by atoms with Gasteiger partial charge in [-0.2, -0.15) is 4.37 Å². The molecular formula is C13H25N3O2S2. The number of nitrogens with one attached hydrogen (secondary N) is 1. The summed E-state index contributed by atoms with van der Waals surface area (Å²) in [6.07, 6.45) is 2.67. The molecule has 2 atom stereocenters. The van der Waals surface area contributed by atoms with Gasteiger partial charge in [-0.25, -0.2) is 8.42 Å². The van der Waals surface area contributed by atoms with E-state index in [0.717, 1.165) is 24.4 Å². The summed E-state index contributed by atoms with van der Waals surface area (Å²) in [5.41, 5.74) is 5.74. The Hall–Kier alpha value is -0.820. The van der Waals surface area contributed by atoms with E-state index in [1.165, 1.54) is 0 Å². The third-order valence-electron chi connectivity index (χ3n) is 3.29. The molecule has 0 aliphatic carbocycles. The summed E-state index contributed by atoms with van der Waals surface area (Å²) in [5, 5.41) is 3.83. The first-order valence-electron chi connectivity index (χ1n) is 7.06. The van der Waals surface area contributed by atoms with E-state index in [9.17, 15) is 8.42 Å². The van der Waals surface area contributed by atoms with E-state index in [2.05, 4.69) is 30.5 Å². The summed E-state index contributed by atoms with van der Waals surface area (Å²) in [7, 11) is -3.35. The van der Waals surface area contributed by atoms with Crippen LogP contribution in [-0.4, -0.2) is 24.6 Å². The molecule has 1 aromatic rings. The minimum Gasteiger partial charge on any atom is -0.382 e. The zero-order valence-electron chi connectivity index (χ0n) is 12.6. The van der Waals surface area contributed by atoms with E-state index in [4.69, 9.17) is 5.73 Å². The Bertz CT molecular complexity index is 526. The molecule has 0 spiro atoms. The molecule has 1 aromatic heterocycles. The van der Waals surface area contributed by atoms with Gasteiger partial charge in [-0.3, -0.25) is 0 Å². The molecule has 1 heterocycles. The maximum absolute atomic E-state index is 12.2. The molecule has 2 unspecified atom stereocenters. The predicted molar refractivity (Wildman–Crippen MR) is 86.0 cm³/mol. The molecule has 0 amide bonds. The molecule has 7 heteroatoms. The van der Waals surface area contributed by atoms with E-state index >= 15 is 0 Å². The molecule has 0 saturated heterocycles. The minimum absolute atomic E-state index is 0.101. The fourth-order valence-corrected chi connectivity index (χ4v) is 4.83. The van der Waals surface area contributed by atoms with Crippen LogP contribution in [0.25, 0.3) is 0 Å². The largest absolute Gasteiger partial charge is 0.382 e. The second kappa shape index (κ2) is 7.26. The lowest BCUT2D eigenvalue weighted by Gasteiger charge is -2.18. The quantitative estimate of drug-likeness (QED) is 0.769. The number of anilines is 2. The number of nitrogen functional groups attached to an aromatic ring is 1. The Morgan fingerprint density at radius 1 is 1.35 bits per heavy atom. The zero-order chi connectivity index (χ0) is 15.3. The fourth-order valence-electron chi connectivity index (χ4n) is 2.11. The normalized spacial score (nSPS) is 15.0. The number of hydrogen-bond donors (Lipinski definition) is 2. The van der Waals surface area contributed by atoms with Crippen LogP contribution in [0.4, 0.5) is 10.8 Å². The average Bonchev–Trinajstić information content (AvgIpc) is 2.70. The Balaban J connectivity index is 2.93. The van der Waals surface area contributed by atoms with E-state index in [-0.39, 0.29) is 22.5 Å². The Morgan fingerprint density at radius 3 is 2.55 bits per heavy atom. The van der Waals surface area contributed by atoms with E-state index in [0.29, 0.717) is 17.3 Å². The number of aromatic nitrogens is 1. The molecule has 0 radical (unpaired) electrons. The van der Waals surface area contributed by atoms with Gasteiger partial charge in [0.15, 0.2) is 15.7 Å². The molecule has 0 aromatic carbocycles. The average molecular weight is 319 g/mol. The van der Waals surface area contributed by atoms with Gasteiger partial charge in [0, 0.05) is 6.04 Å². The molecule has 116 valence electrons. The van der Waals surface area contributed by atoms with Gasteiger partial charge in [0.05, 0.1) is 5.75 Å². The topological polar surface area (TPSA) is 85.1 Å². The van der Waals surface area contributed by atoms with Crippen LogP contribution in [0, 0.1) is 5.92 Å². The molecule has 3 N–H and O–H groups in total. The maximum atomic E-state index is 12.2. The zero-order valence-corrected chi connectivity index (χ0v) is 14.3. The summed E-state index contributed by atoms with van der Waals surface area (Å²) >= 11 is 1.13. The van der Waals surface area contributed by atoms with Crippen LogP contribution in [-0.2, 0) is 9.84 Å². The number of sulfone groups is 1. The van der Waals surface area contributed by atoms with Gasteiger partial charge < -0.3 is 11.1 Å². The molecule has 20 heavy (non-hydrogen) atoms. The third kappa shape index (κ3) is 4.34. The summed E-state index contributed by atoms with van der Waals surface area (Å²) in [4.78, 5) is 0.181. The van der Waals surface area contributed by atoms with Crippen LogP contribution in [0.15, 0.2) is 4.90 Å². The van der Waals surface area contributed by atoms with Crippen molar-refractivity contribution < 1.29 is 8.42 Å². The van der Waals surface area contributed by atoms with Gasteiger partial charge in [-0.05, 0) is 37.2 Å². The van der Waals surface area contributed by atoms with Crippen molar-refractivity contribution in [2.24, 2.45) is 5.92 Å². The van der Waals surface area contributed by atoms with Crippen molar-refractivity contribution in [1.82, 2.24) is 4.37 Å². The monoisotopic (exact) mass is 319 g/mol. The van der Waals surface area contributed by atoms with Crippen LogP contribution in [0.2, 0.25) is 0 Å². The third-order valence-corrected chi connectivity index (χ3v) is 6.19. The van der Waals surface area contributed by atoms with Crippen molar-refractivity contribution in [3.8, 4) is 0 Å². The van der Waals surface area contributed by atoms with E-state index < -0.39 is 9.84 Å². The van der Waals surface area contributed by atoms with Crippen molar-refractivity contribution in [1.29, 1.82) is 0 Å². The van der Waals surface area contributed by atoms with Crippen LogP contribution in [0.3, 0.4) is 0 Å². The van der Waals surface area contributed by atoms with Crippen LogP contribution in [0.5, 0.6) is 0 Å². The molecule has 1 rings (SSSR count). The Kier molecular flexibility index (Phi) is 6.26. The van der Waals surface area contributed by atoms with Crippen LogP contribution >= 0.6 is 11.5 Å². The lowest BCUT2D eigenvalue weighted by molar-refractivity contribution is 0.484. The van der Waals surface area contributed by atoms with Crippen LogP contribution in [0.1, 0.15) is 47.0 Å². The summed E-state index contributed by atoms with van der Waals surface area (Å²) in [6, 6.07) is 0.195. The predicted octanol–water partition coefficient (Wildman–Crippen LogP) is 3.15. The van der Waals surface area contributed by atoms with E-state index in [1.54, 1.807) is 0 Å². The van der Waals surface area contributed by atoms with Crippen molar-refractivity contribution >= 4 is 32.2 Å². The van der Waals surface area contributed by atoms with Crippen molar-refractivity contribution in [2.45, 2.75) is 57.9 Å². The van der Waals surface area contributed by atoms with Gasteiger partial charge in [-0.15, -0.1) is 0 Å². The van der Waals surface area contributed by atoms with Crippen molar-refractivity contribution in [3.05, 3.63) is 0 Å². The first kappa shape index (κ1) is 17.2. The van der Waals surface area contributed by atoms with Gasteiger partial charge >= 0.3 is 0 Å². The summed E-state index contributed by atoms with van der Waals surface area (Å²) in [6.45, 7) is 8.23. The lowest BCUT2D eigenvalue weighted by atomic mass is 10.0. The van der Waals surface area contributed by atoms with Gasteiger partial charge in [0.25, 0.3) is 0 Å². The smallest absolute Gasteiger partial charge is 0.185 e. The van der Waals surface area contributed by atoms with Gasteiger partial charge in [0.1, 0.15) is 9.90 Å². The molecule has 5 nitrogen and oxygen atoms in total. The molecule has 0 aliphatic heterocycles. The first-order valence-corrected chi connectivity index (χ1v) is 9.48. The lowest BCUT2D eigenvalue weighted by Crippen LogP contribution is -2.19. The number of nitrogens with zero attached hydrogens (tertiary/aromatic N) is 1. The van der Waals surface area contributed by atoms with E-state index in [1.807, 2.05) is 6.92 Å². The minimum atomic E-state index is -3.35. The Labute approximate surface area is 126 Å². The first-order chi connectivity index (χ1) is 9.31. The SMILES string of the molecule is CCCS(=O)(=O)c1c(N)nsc1NC(C)CC(C)CC. The maximum Gasteiger partial charge on any atom is 0.185 e. The standard InChI is InChI=1S/C13H25N3O2S2/c1-5-7-20(17,18)11-12(14)16-19-13(11)15-10(4)8-9(3)6-2/h9-10,15H,5-8H2,1-4H3,(H2,14,16). The highest BCUT2D eigenvalue weighted by molar-refractivity contribution is 7.91. The number of rotatable bonds is 8. The molecule has 0 aliphatic rings. The van der Waals surface area contributed by atoms with Crippen molar-refractivity contribution in [2.75, 3.05) is 16.8 Å². The number of nitrogens with two attached hydrogens (primary N) is 1. The highest BCUT2D eigenvalue weighted by Crippen LogP contribution is 2.33. The Morgan fingerprint density at radius 2 is 2.00 bits per heavy atom.